The van der Waals surface area contributed by atoms with Gasteiger partial charge in [0, 0.05) is 31.0 Å². The fourth-order valence-corrected chi connectivity index (χ4v) is 3.41. The monoisotopic (exact) mass is 335 g/mol. The zero-order valence-electron chi connectivity index (χ0n) is 14.5. The molecule has 128 valence electrons. The van der Waals surface area contributed by atoms with Crippen LogP contribution in [0, 0.1) is 13.8 Å². The van der Waals surface area contributed by atoms with Crippen LogP contribution >= 0.6 is 0 Å². The molecular formula is C19H21N5O. The molecule has 0 bridgehead atoms. The van der Waals surface area contributed by atoms with Crippen molar-refractivity contribution in [2.75, 3.05) is 13.1 Å². The lowest BCUT2D eigenvalue weighted by Crippen LogP contribution is -2.40. The standard InChI is InChI=1S/C19H21N5O/c1-13-14(2)22-18-10-15(5-6-17(18)21-13)19(25)23-8-3-4-16(11-23)24-9-7-20-12-24/h5-7,9-10,12,16H,3-4,8,11H2,1-2H3. The lowest BCUT2D eigenvalue weighted by molar-refractivity contribution is 0.0679. The Bertz CT molecular complexity index is 919. The average Bonchev–Trinajstić information content (AvgIpc) is 3.16. The van der Waals surface area contributed by atoms with E-state index in [-0.39, 0.29) is 5.91 Å². The van der Waals surface area contributed by atoms with Gasteiger partial charge in [0.1, 0.15) is 0 Å². The van der Waals surface area contributed by atoms with E-state index in [1.54, 1.807) is 6.20 Å². The third-order valence-electron chi connectivity index (χ3n) is 4.95. The molecule has 1 atom stereocenters. The normalized spacial score (nSPS) is 17.8. The minimum absolute atomic E-state index is 0.0618. The summed E-state index contributed by atoms with van der Waals surface area (Å²) in [6.07, 6.45) is 7.65. The van der Waals surface area contributed by atoms with Gasteiger partial charge in [-0.1, -0.05) is 0 Å². The van der Waals surface area contributed by atoms with Gasteiger partial charge in [-0.15, -0.1) is 0 Å². The predicted octanol–water partition coefficient (Wildman–Crippen LogP) is 2.92. The zero-order valence-corrected chi connectivity index (χ0v) is 14.5. The summed E-state index contributed by atoms with van der Waals surface area (Å²) in [7, 11) is 0. The molecule has 1 amide bonds. The van der Waals surface area contributed by atoms with Crippen LogP contribution in [0.4, 0.5) is 0 Å². The molecule has 3 aromatic rings. The molecule has 6 nitrogen and oxygen atoms in total. The van der Waals surface area contributed by atoms with E-state index in [9.17, 15) is 4.79 Å². The van der Waals surface area contributed by atoms with Crippen molar-refractivity contribution in [2.24, 2.45) is 0 Å². The number of nitrogens with zero attached hydrogens (tertiary/aromatic N) is 5. The number of carbonyl (C=O) groups excluding carboxylic acids is 1. The van der Waals surface area contributed by atoms with Crippen LogP contribution in [0.1, 0.15) is 40.6 Å². The summed E-state index contributed by atoms with van der Waals surface area (Å²) in [5, 5.41) is 0. The Morgan fingerprint density at radius 2 is 1.96 bits per heavy atom. The van der Waals surface area contributed by atoms with E-state index in [0.717, 1.165) is 41.8 Å². The quantitative estimate of drug-likeness (QED) is 0.722. The maximum Gasteiger partial charge on any atom is 0.254 e. The molecule has 25 heavy (non-hydrogen) atoms. The van der Waals surface area contributed by atoms with Gasteiger partial charge in [0.25, 0.3) is 5.91 Å². The van der Waals surface area contributed by atoms with Crippen molar-refractivity contribution >= 4 is 16.9 Å². The van der Waals surface area contributed by atoms with Crippen LogP contribution in [0.15, 0.2) is 36.9 Å². The van der Waals surface area contributed by atoms with Gasteiger partial charge in [-0.25, -0.2) is 15.0 Å². The number of hydrogen-bond acceptors (Lipinski definition) is 4. The third-order valence-corrected chi connectivity index (χ3v) is 4.95. The average molecular weight is 335 g/mol. The number of amides is 1. The molecule has 0 radical (unpaired) electrons. The molecule has 0 spiro atoms. The Kier molecular flexibility index (Phi) is 3.95. The smallest absolute Gasteiger partial charge is 0.254 e. The number of likely N-dealkylation sites (tertiary alicyclic amines) is 1. The van der Waals surface area contributed by atoms with Crippen LogP contribution < -0.4 is 0 Å². The molecule has 1 aliphatic heterocycles. The molecule has 1 saturated heterocycles. The highest BCUT2D eigenvalue weighted by Gasteiger charge is 2.25. The molecule has 1 fully saturated rings. The summed E-state index contributed by atoms with van der Waals surface area (Å²) in [5.74, 6) is 0.0618. The van der Waals surface area contributed by atoms with Crippen molar-refractivity contribution in [2.45, 2.75) is 32.7 Å². The van der Waals surface area contributed by atoms with E-state index in [2.05, 4.69) is 19.5 Å². The van der Waals surface area contributed by atoms with Crippen molar-refractivity contribution in [1.29, 1.82) is 0 Å². The van der Waals surface area contributed by atoms with Gasteiger partial charge in [-0.05, 0) is 44.9 Å². The highest BCUT2D eigenvalue weighted by molar-refractivity contribution is 5.97. The zero-order chi connectivity index (χ0) is 17.4. The van der Waals surface area contributed by atoms with Crippen molar-refractivity contribution in [1.82, 2.24) is 24.4 Å². The third kappa shape index (κ3) is 2.99. The summed E-state index contributed by atoms with van der Waals surface area (Å²) >= 11 is 0. The van der Waals surface area contributed by atoms with E-state index in [1.807, 2.05) is 49.5 Å². The number of hydrogen-bond donors (Lipinski definition) is 0. The van der Waals surface area contributed by atoms with Gasteiger partial charge in [-0.2, -0.15) is 0 Å². The number of aryl methyl sites for hydroxylation is 2. The van der Waals surface area contributed by atoms with E-state index in [0.29, 0.717) is 18.2 Å². The minimum atomic E-state index is 0.0618. The molecular weight excluding hydrogens is 314 g/mol. The predicted molar refractivity (Wildman–Crippen MR) is 95.4 cm³/mol. The fraction of sp³-hybridized carbons (Fsp3) is 0.368. The Balaban J connectivity index is 1.59. The Morgan fingerprint density at radius 1 is 1.16 bits per heavy atom. The second-order valence-corrected chi connectivity index (χ2v) is 6.66. The van der Waals surface area contributed by atoms with Gasteiger partial charge >= 0.3 is 0 Å². The molecule has 1 unspecified atom stereocenters. The molecule has 2 aromatic heterocycles. The Labute approximate surface area is 146 Å². The van der Waals surface area contributed by atoms with Gasteiger partial charge in [-0.3, -0.25) is 4.79 Å². The van der Waals surface area contributed by atoms with E-state index >= 15 is 0 Å². The first-order valence-corrected chi connectivity index (χ1v) is 8.63. The second-order valence-electron chi connectivity index (χ2n) is 6.66. The van der Waals surface area contributed by atoms with Crippen LogP contribution in [-0.4, -0.2) is 43.4 Å². The number of piperidine rings is 1. The summed E-state index contributed by atoms with van der Waals surface area (Å²) < 4.78 is 2.09. The SMILES string of the molecule is Cc1nc2ccc(C(=O)N3CCCC(n4ccnc4)C3)cc2nc1C. The molecule has 1 aliphatic rings. The van der Waals surface area contributed by atoms with Gasteiger partial charge in [0.2, 0.25) is 0 Å². The highest BCUT2D eigenvalue weighted by atomic mass is 16.2. The molecule has 0 saturated carbocycles. The van der Waals surface area contributed by atoms with Crippen LogP contribution in [0.5, 0.6) is 0 Å². The topological polar surface area (TPSA) is 63.9 Å². The molecule has 0 N–H and O–H groups in total. The van der Waals surface area contributed by atoms with Gasteiger partial charge in [0.05, 0.1) is 34.8 Å². The van der Waals surface area contributed by atoms with Crippen molar-refractivity contribution in [3.05, 3.63) is 53.9 Å². The Morgan fingerprint density at radius 3 is 2.72 bits per heavy atom. The molecule has 1 aromatic carbocycles. The fourth-order valence-electron chi connectivity index (χ4n) is 3.41. The largest absolute Gasteiger partial charge is 0.337 e. The summed E-state index contributed by atoms with van der Waals surface area (Å²) in [5.41, 5.74) is 4.10. The number of rotatable bonds is 2. The lowest BCUT2D eigenvalue weighted by Gasteiger charge is -2.33. The summed E-state index contributed by atoms with van der Waals surface area (Å²) in [6.45, 7) is 5.40. The molecule has 6 heteroatoms. The maximum absolute atomic E-state index is 13.0. The van der Waals surface area contributed by atoms with Crippen LogP contribution in [0.2, 0.25) is 0 Å². The second kappa shape index (κ2) is 6.27. The van der Waals surface area contributed by atoms with Gasteiger partial charge in [0.15, 0.2) is 0 Å². The number of imidazole rings is 1. The van der Waals surface area contributed by atoms with Crippen LogP contribution in [0.3, 0.4) is 0 Å². The van der Waals surface area contributed by atoms with Crippen molar-refractivity contribution in [3.63, 3.8) is 0 Å². The van der Waals surface area contributed by atoms with E-state index < -0.39 is 0 Å². The van der Waals surface area contributed by atoms with E-state index in [1.165, 1.54) is 0 Å². The first-order chi connectivity index (χ1) is 12.1. The number of fused-ring (bicyclic) bond motifs is 1. The minimum Gasteiger partial charge on any atom is -0.337 e. The number of aromatic nitrogens is 4. The summed E-state index contributed by atoms with van der Waals surface area (Å²) in [4.78, 5) is 28.1. The van der Waals surface area contributed by atoms with Crippen LogP contribution in [0.25, 0.3) is 11.0 Å². The van der Waals surface area contributed by atoms with E-state index in [4.69, 9.17) is 0 Å². The first-order valence-electron chi connectivity index (χ1n) is 8.63. The lowest BCUT2D eigenvalue weighted by atomic mass is 10.0. The highest BCUT2D eigenvalue weighted by Crippen LogP contribution is 2.23. The van der Waals surface area contributed by atoms with Gasteiger partial charge < -0.3 is 9.47 Å². The van der Waals surface area contributed by atoms with Crippen molar-refractivity contribution < 1.29 is 4.79 Å². The molecule has 4 rings (SSSR count). The summed E-state index contributed by atoms with van der Waals surface area (Å²) in [6, 6.07) is 5.90. The number of benzene rings is 1. The number of carbonyl (C=O) groups is 1. The van der Waals surface area contributed by atoms with Crippen LogP contribution in [-0.2, 0) is 0 Å². The molecule has 3 heterocycles. The Hall–Kier alpha value is -2.76. The maximum atomic E-state index is 13.0. The molecule has 0 aliphatic carbocycles. The first kappa shape index (κ1) is 15.7. The van der Waals surface area contributed by atoms with Crippen molar-refractivity contribution in [3.8, 4) is 0 Å².